The molecule has 156 valence electrons. The summed E-state index contributed by atoms with van der Waals surface area (Å²) in [6, 6.07) is 15.4. The number of ether oxygens (including phenoxy) is 2. The molecule has 0 atom stereocenters. The fourth-order valence-corrected chi connectivity index (χ4v) is 3.02. The van der Waals surface area contributed by atoms with Crippen LogP contribution in [0.4, 0.5) is 0 Å². The van der Waals surface area contributed by atoms with Crippen LogP contribution in [-0.4, -0.2) is 34.7 Å². The molecule has 0 N–H and O–H groups in total. The van der Waals surface area contributed by atoms with E-state index in [1.807, 2.05) is 62.5 Å². The molecule has 0 aliphatic carbocycles. The summed E-state index contributed by atoms with van der Waals surface area (Å²) in [6.45, 7) is 2.89. The minimum atomic E-state index is -0.0730. The number of carbonyl (C=O) groups excluding carboxylic acids is 1. The smallest absolute Gasteiger partial charge is 0.246 e. The SMILES string of the molecule is COc1ccc(/C=C/C(=O)N(C)Cc2cnn(C)c2C)cc1COc1ccccc1. The number of amides is 1. The molecule has 0 radical (unpaired) electrons. The maximum absolute atomic E-state index is 12.5. The molecule has 6 heteroatoms. The van der Waals surface area contributed by atoms with Crippen LogP contribution in [0.1, 0.15) is 22.4 Å². The first-order valence-electron chi connectivity index (χ1n) is 9.73. The van der Waals surface area contributed by atoms with Crippen molar-refractivity contribution in [3.8, 4) is 11.5 Å². The van der Waals surface area contributed by atoms with Crippen LogP contribution in [0.25, 0.3) is 6.08 Å². The molecule has 1 aromatic heterocycles. The van der Waals surface area contributed by atoms with Gasteiger partial charge in [0.15, 0.2) is 0 Å². The van der Waals surface area contributed by atoms with E-state index in [0.29, 0.717) is 13.2 Å². The lowest BCUT2D eigenvalue weighted by molar-refractivity contribution is -0.125. The molecule has 6 nitrogen and oxygen atoms in total. The number of benzene rings is 2. The fraction of sp³-hybridized carbons (Fsp3) is 0.250. The van der Waals surface area contributed by atoms with Gasteiger partial charge in [-0.15, -0.1) is 0 Å². The molecule has 1 heterocycles. The molecular weight excluding hydrogens is 378 g/mol. The van der Waals surface area contributed by atoms with Crippen molar-refractivity contribution < 1.29 is 14.3 Å². The third kappa shape index (κ3) is 5.29. The molecule has 2 aromatic carbocycles. The van der Waals surface area contributed by atoms with Crippen LogP contribution in [0.2, 0.25) is 0 Å². The zero-order valence-electron chi connectivity index (χ0n) is 17.8. The summed E-state index contributed by atoms with van der Waals surface area (Å²) in [4.78, 5) is 14.2. The molecule has 3 rings (SSSR count). The number of aromatic nitrogens is 2. The monoisotopic (exact) mass is 405 g/mol. The predicted molar refractivity (Wildman–Crippen MR) is 117 cm³/mol. The van der Waals surface area contributed by atoms with Gasteiger partial charge in [-0.25, -0.2) is 0 Å². The molecule has 30 heavy (non-hydrogen) atoms. The van der Waals surface area contributed by atoms with Gasteiger partial charge in [0, 0.05) is 43.5 Å². The van der Waals surface area contributed by atoms with Gasteiger partial charge in [-0.1, -0.05) is 24.3 Å². The first kappa shape index (κ1) is 21.2. The zero-order chi connectivity index (χ0) is 21.5. The Morgan fingerprint density at radius 1 is 1.17 bits per heavy atom. The van der Waals surface area contributed by atoms with E-state index in [1.165, 1.54) is 0 Å². The minimum absolute atomic E-state index is 0.0730. The third-order valence-corrected chi connectivity index (χ3v) is 4.98. The maximum Gasteiger partial charge on any atom is 0.246 e. The van der Waals surface area contributed by atoms with Crippen molar-refractivity contribution in [1.29, 1.82) is 0 Å². The van der Waals surface area contributed by atoms with Gasteiger partial charge in [-0.2, -0.15) is 5.10 Å². The highest BCUT2D eigenvalue weighted by atomic mass is 16.5. The van der Waals surface area contributed by atoms with E-state index in [0.717, 1.165) is 33.9 Å². The van der Waals surface area contributed by atoms with Crippen LogP contribution >= 0.6 is 0 Å². The standard InChI is InChI=1S/C24H27N3O3/c1-18-21(15-25-27(18)3)16-26(2)24(28)13-11-19-10-12-23(29-4)20(14-19)17-30-22-8-6-5-7-9-22/h5-15H,16-17H2,1-4H3/b13-11+. The summed E-state index contributed by atoms with van der Waals surface area (Å²) in [6.07, 6.45) is 5.18. The lowest BCUT2D eigenvalue weighted by Gasteiger charge is -2.15. The number of hydrogen-bond acceptors (Lipinski definition) is 4. The number of methoxy groups -OCH3 is 1. The van der Waals surface area contributed by atoms with Crippen molar-refractivity contribution in [1.82, 2.24) is 14.7 Å². The summed E-state index contributed by atoms with van der Waals surface area (Å²) in [5, 5.41) is 4.22. The Hall–Kier alpha value is -3.54. The van der Waals surface area contributed by atoms with Crippen LogP contribution in [0.5, 0.6) is 11.5 Å². The normalized spacial score (nSPS) is 10.9. The molecule has 0 aliphatic rings. The number of nitrogens with zero attached hydrogens (tertiary/aromatic N) is 3. The van der Waals surface area contributed by atoms with Gasteiger partial charge in [0.1, 0.15) is 18.1 Å². The van der Waals surface area contributed by atoms with Gasteiger partial charge in [0.25, 0.3) is 0 Å². The average Bonchev–Trinajstić information content (AvgIpc) is 3.08. The lowest BCUT2D eigenvalue weighted by Crippen LogP contribution is -2.24. The highest BCUT2D eigenvalue weighted by Crippen LogP contribution is 2.23. The second-order valence-electron chi connectivity index (χ2n) is 7.08. The topological polar surface area (TPSA) is 56.6 Å². The number of likely N-dealkylation sites (N-methyl/N-ethyl adjacent to an activating group) is 1. The molecule has 0 unspecified atom stereocenters. The highest BCUT2D eigenvalue weighted by Gasteiger charge is 2.11. The third-order valence-electron chi connectivity index (χ3n) is 4.98. The summed E-state index contributed by atoms with van der Waals surface area (Å²) in [5.74, 6) is 1.47. The number of aryl methyl sites for hydroxylation is 1. The largest absolute Gasteiger partial charge is 0.496 e. The summed E-state index contributed by atoms with van der Waals surface area (Å²) in [5.41, 5.74) is 3.90. The van der Waals surface area contributed by atoms with E-state index in [2.05, 4.69) is 5.10 Å². The number of hydrogen-bond donors (Lipinski definition) is 0. The molecule has 0 spiro atoms. The van der Waals surface area contributed by atoms with Gasteiger partial charge in [0.05, 0.1) is 13.3 Å². The lowest BCUT2D eigenvalue weighted by atomic mass is 10.1. The molecule has 3 aromatic rings. The average molecular weight is 405 g/mol. The Balaban J connectivity index is 1.66. The molecule has 0 aliphatic heterocycles. The van der Waals surface area contributed by atoms with Crippen molar-refractivity contribution in [2.75, 3.05) is 14.2 Å². The Labute approximate surface area is 177 Å². The van der Waals surface area contributed by atoms with Gasteiger partial charge in [-0.3, -0.25) is 9.48 Å². The zero-order valence-corrected chi connectivity index (χ0v) is 17.8. The Kier molecular flexibility index (Phi) is 6.91. The molecular formula is C24H27N3O3. The summed E-state index contributed by atoms with van der Waals surface area (Å²) >= 11 is 0. The van der Waals surface area contributed by atoms with Crippen LogP contribution in [-0.2, 0) is 25.0 Å². The van der Waals surface area contributed by atoms with Crippen LogP contribution in [0.3, 0.4) is 0 Å². The van der Waals surface area contributed by atoms with Gasteiger partial charge >= 0.3 is 0 Å². The molecule has 0 fully saturated rings. The number of para-hydroxylation sites is 1. The molecule has 0 saturated heterocycles. The van der Waals surface area contributed by atoms with Gasteiger partial charge < -0.3 is 14.4 Å². The van der Waals surface area contributed by atoms with Crippen molar-refractivity contribution in [2.24, 2.45) is 7.05 Å². The first-order chi connectivity index (χ1) is 14.5. The molecule has 1 amide bonds. The highest BCUT2D eigenvalue weighted by molar-refractivity contribution is 5.91. The fourth-order valence-electron chi connectivity index (χ4n) is 3.02. The van der Waals surface area contributed by atoms with E-state index in [1.54, 1.807) is 42.1 Å². The van der Waals surface area contributed by atoms with Crippen molar-refractivity contribution >= 4 is 12.0 Å². The van der Waals surface area contributed by atoms with E-state index >= 15 is 0 Å². The quantitative estimate of drug-likeness (QED) is 0.532. The number of rotatable bonds is 8. The van der Waals surface area contributed by atoms with Crippen LogP contribution < -0.4 is 9.47 Å². The Morgan fingerprint density at radius 3 is 2.60 bits per heavy atom. The van der Waals surface area contributed by atoms with E-state index in [9.17, 15) is 4.79 Å². The number of carbonyl (C=O) groups is 1. The minimum Gasteiger partial charge on any atom is -0.496 e. The molecule has 0 bridgehead atoms. The Bertz CT molecular complexity index is 1030. The second kappa shape index (κ2) is 9.78. The van der Waals surface area contributed by atoms with Crippen LogP contribution in [0.15, 0.2) is 60.8 Å². The van der Waals surface area contributed by atoms with E-state index in [-0.39, 0.29) is 5.91 Å². The first-order valence-corrected chi connectivity index (χ1v) is 9.73. The van der Waals surface area contributed by atoms with Crippen molar-refractivity contribution in [3.05, 3.63) is 83.2 Å². The Morgan fingerprint density at radius 2 is 1.93 bits per heavy atom. The predicted octanol–water partition coefficient (Wildman–Crippen LogP) is 3.99. The van der Waals surface area contributed by atoms with Gasteiger partial charge in [0.2, 0.25) is 5.91 Å². The van der Waals surface area contributed by atoms with Gasteiger partial charge in [-0.05, 0) is 42.8 Å². The summed E-state index contributed by atoms with van der Waals surface area (Å²) < 4.78 is 13.1. The molecule has 0 saturated carbocycles. The maximum atomic E-state index is 12.5. The van der Waals surface area contributed by atoms with Crippen LogP contribution in [0, 0.1) is 6.92 Å². The van der Waals surface area contributed by atoms with Crippen molar-refractivity contribution in [2.45, 2.75) is 20.1 Å². The summed E-state index contributed by atoms with van der Waals surface area (Å²) in [7, 11) is 5.31. The van der Waals surface area contributed by atoms with E-state index < -0.39 is 0 Å². The second-order valence-corrected chi connectivity index (χ2v) is 7.08. The van der Waals surface area contributed by atoms with E-state index in [4.69, 9.17) is 9.47 Å². The van der Waals surface area contributed by atoms with Crippen molar-refractivity contribution in [3.63, 3.8) is 0 Å².